The second-order valence-electron chi connectivity index (χ2n) is 10.1. The molecule has 0 saturated carbocycles. The normalized spacial score (nSPS) is 21.8. The van der Waals surface area contributed by atoms with Crippen molar-refractivity contribution in [3.05, 3.63) is 35.4 Å². The van der Waals surface area contributed by atoms with E-state index in [-0.39, 0.29) is 12.6 Å². The number of aliphatic carboxylic acids is 1. The molecule has 33 heavy (non-hydrogen) atoms. The van der Waals surface area contributed by atoms with E-state index in [0.29, 0.717) is 17.4 Å². The molecule has 1 heterocycles. The molecule has 1 aliphatic rings. The number of likely N-dealkylation sites (tertiary alicyclic amines) is 1. The molecule has 1 aromatic rings. The van der Waals surface area contributed by atoms with Crippen molar-refractivity contribution in [3.8, 4) is 0 Å². The molecule has 0 spiro atoms. The number of piperidine rings is 1. The zero-order valence-electron chi connectivity index (χ0n) is 19.8. The Morgan fingerprint density at radius 1 is 1.03 bits per heavy atom. The topological polar surface area (TPSA) is 40.5 Å². The van der Waals surface area contributed by atoms with Gasteiger partial charge in [0.15, 0.2) is 0 Å². The Labute approximate surface area is 193 Å². The first-order valence-corrected chi connectivity index (χ1v) is 11.7. The molecule has 0 bridgehead atoms. The summed E-state index contributed by atoms with van der Waals surface area (Å²) in [6, 6.07) is 3.26. The highest BCUT2D eigenvalue weighted by Crippen LogP contribution is 2.48. The minimum atomic E-state index is -4.54. The van der Waals surface area contributed by atoms with E-state index in [1.807, 2.05) is 4.90 Å². The fraction of sp³-hybridized carbons (Fsp3) is 0.720. The molecule has 2 atom stereocenters. The molecule has 0 radical (unpaired) electrons. The van der Waals surface area contributed by atoms with Crippen LogP contribution in [0.1, 0.15) is 83.4 Å². The maximum Gasteiger partial charge on any atom is 0.416 e. The number of carbonyl (C=O) groups is 1. The average molecular weight is 478 g/mol. The number of carboxylic acids is 1. The van der Waals surface area contributed by atoms with Crippen molar-refractivity contribution in [2.45, 2.75) is 90.4 Å². The van der Waals surface area contributed by atoms with Crippen LogP contribution in [0.2, 0.25) is 0 Å². The van der Waals surface area contributed by atoms with Gasteiger partial charge in [0.25, 0.3) is 5.92 Å². The van der Waals surface area contributed by atoms with Gasteiger partial charge in [-0.15, -0.1) is 0 Å². The van der Waals surface area contributed by atoms with E-state index >= 15 is 8.78 Å². The molecule has 188 valence electrons. The number of halogens is 5. The molecular formula is C25H36F5NO2. The summed E-state index contributed by atoms with van der Waals surface area (Å²) in [5.41, 5.74) is -0.543. The molecule has 1 fully saturated rings. The van der Waals surface area contributed by atoms with Crippen LogP contribution in [0.25, 0.3) is 0 Å². The summed E-state index contributed by atoms with van der Waals surface area (Å²) in [7, 11) is 0. The van der Waals surface area contributed by atoms with Crippen LogP contribution in [0.4, 0.5) is 22.0 Å². The fourth-order valence-corrected chi connectivity index (χ4v) is 4.74. The van der Waals surface area contributed by atoms with Crippen molar-refractivity contribution in [3.63, 3.8) is 0 Å². The molecule has 8 heteroatoms. The van der Waals surface area contributed by atoms with Gasteiger partial charge in [0.1, 0.15) is 0 Å². The summed E-state index contributed by atoms with van der Waals surface area (Å²) in [6.45, 7) is 8.43. The predicted molar refractivity (Wildman–Crippen MR) is 118 cm³/mol. The Morgan fingerprint density at radius 2 is 1.55 bits per heavy atom. The Morgan fingerprint density at radius 3 is 1.97 bits per heavy atom. The number of hydrogen-bond acceptors (Lipinski definition) is 2. The van der Waals surface area contributed by atoms with Gasteiger partial charge in [0.05, 0.1) is 17.9 Å². The van der Waals surface area contributed by atoms with Gasteiger partial charge in [-0.25, -0.2) is 8.78 Å². The molecule has 1 aromatic carbocycles. The highest BCUT2D eigenvalue weighted by Gasteiger charge is 2.52. The van der Waals surface area contributed by atoms with Gasteiger partial charge in [-0.2, -0.15) is 13.2 Å². The van der Waals surface area contributed by atoms with E-state index in [9.17, 15) is 23.1 Å². The zero-order chi connectivity index (χ0) is 25.0. The molecule has 1 saturated heterocycles. The maximum absolute atomic E-state index is 15.0. The highest BCUT2D eigenvalue weighted by molar-refractivity contribution is 5.67. The Hall–Kier alpha value is -1.70. The Bertz CT molecular complexity index is 749. The lowest BCUT2D eigenvalue weighted by Crippen LogP contribution is -2.53. The van der Waals surface area contributed by atoms with Gasteiger partial charge in [-0.05, 0) is 55.2 Å². The van der Waals surface area contributed by atoms with Crippen LogP contribution in [-0.2, 0) is 11.0 Å². The van der Waals surface area contributed by atoms with Crippen molar-refractivity contribution >= 4 is 5.97 Å². The van der Waals surface area contributed by atoms with Crippen molar-refractivity contribution in [2.24, 2.45) is 17.8 Å². The van der Waals surface area contributed by atoms with Crippen molar-refractivity contribution in [1.29, 1.82) is 0 Å². The SMILES string of the molecule is CC(C)CCC(CCC(C)C)N1CCC(F)(F)C(CC(=O)O)C1c1ccc(C(F)(F)F)cc1. The summed E-state index contributed by atoms with van der Waals surface area (Å²) in [5.74, 6) is -5.24. The summed E-state index contributed by atoms with van der Waals surface area (Å²) < 4.78 is 69.3. The van der Waals surface area contributed by atoms with E-state index in [4.69, 9.17) is 0 Å². The number of rotatable bonds is 10. The lowest BCUT2D eigenvalue weighted by molar-refractivity contribution is -0.163. The molecular weight excluding hydrogens is 441 g/mol. The van der Waals surface area contributed by atoms with Crippen LogP contribution in [0.3, 0.4) is 0 Å². The first-order valence-electron chi connectivity index (χ1n) is 11.7. The van der Waals surface area contributed by atoms with E-state index in [0.717, 1.165) is 37.8 Å². The third kappa shape index (κ3) is 7.66. The van der Waals surface area contributed by atoms with E-state index in [1.165, 1.54) is 12.1 Å². The van der Waals surface area contributed by atoms with Gasteiger partial charge in [-0.1, -0.05) is 39.8 Å². The van der Waals surface area contributed by atoms with Gasteiger partial charge in [-0.3, -0.25) is 9.69 Å². The summed E-state index contributed by atoms with van der Waals surface area (Å²) >= 11 is 0. The zero-order valence-corrected chi connectivity index (χ0v) is 19.8. The van der Waals surface area contributed by atoms with Gasteiger partial charge in [0, 0.05) is 25.0 Å². The van der Waals surface area contributed by atoms with Crippen LogP contribution in [0.15, 0.2) is 24.3 Å². The van der Waals surface area contributed by atoms with E-state index in [2.05, 4.69) is 27.7 Å². The summed E-state index contributed by atoms with van der Waals surface area (Å²) in [4.78, 5) is 13.5. The molecule has 0 amide bonds. The monoisotopic (exact) mass is 477 g/mol. The number of hydrogen-bond donors (Lipinski definition) is 1. The molecule has 1 aliphatic heterocycles. The average Bonchev–Trinajstić information content (AvgIpc) is 2.68. The molecule has 0 aromatic heterocycles. The second kappa shape index (κ2) is 11.2. The number of benzene rings is 1. The van der Waals surface area contributed by atoms with Crippen LogP contribution < -0.4 is 0 Å². The minimum absolute atomic E-state index is 0.0468. The third-order valence-corrected chi connectivity index (χ3v) is 6.58. The number of nitrogens with zero attached hydrogens (tertiary/aromatic N) is 1. The number of alkyl halides is 5. The second-order valence-corrected chi connectivity index (χ2v) is 10.1. The van der Waals surface area contributed by atoms with Gasteiger partial charge in [0.2, 0.25) is 0 Å². The molecule has 2 rings (SSSR count). The molecule has 1 N–H and O–H groups in total. The van der Waals surface area contributed by atoms with E-state index in [1.54, 1.807) is 0 Å². The molecule has 3 nitrogen and oxygen atoms in total. The Kier molecular flexibility index (Phi) is 9.31. The summed E-state index contributed by atoms with van der Waals surface area (Å²) in [5, 5.41) is 9.39. The largest absolute Gasteiger partial charge is 0.481 e. The van der Waals surface area contributed by atoms with Crippen molar-refractivity contribution < 1.29 is 31.9 Å². The lowest BCUT2D eigenvalue weighted by Gasteiger charge is -2.49. The number of carboxylic acid groups (broad SMARTS) is 1. The van der Waals surface area contributed by atoms with Gasteiger partial charge < -0.3 is 5.11 Å². The first-order chi connectivity index (χ1) is 15.2. The first kappa shape index (κ1) is 27.5. The van der Waals surface area contributed by atoms with Crippen molar-refractivity contribution in [2.75, 3.05) is 6.54 Å². The fourth-order valence-electron chi connectivity index (χ4n) is 4.74. The Balaban J connectivity index is 2.51. The minimum Gasteiger partial charge on any atom is -0.481 e. The van der Waals surface area contributed by atoms with Crippen LogP contribution in [0, 0.1) is 17.8 Å². The van der Waals surface area contributed by atoms with E-state index < -0.39 is 48.4 Å². The quantitative estimate of drug-likeness (QED) is 0.357. The highest BCUT2D eigenvalue weighted by atomic mass is 19.4. The van der Waals surface area contributed by atoms with Crippen LogP contribution >= 0.6 is 0 Å². The lowest BCUT2D eigenvalue weighted by atomic mass is 9.78. The molecule has 0 aliphatic carbocycles. The third-order valence-electron chi connectivity index (χ3n) is 6.58. The summed E-state index contributed by atoms with van der Waals surface area (Å²) in [6.07, 6.45) is -2.41. The maximum atomic E-state index is 15.0. The van der Waals surface area contributed by atoms with Crippen LogP contribution in [0.5, 0.6) is 0 Å². The standard InChI is InChI=1S/C25H36F5NO2/c1-16(2)5-11-20(12-6-17(3)4)31-14-13-24(26,27)21(15-22(32)33)23(31)18-7-9-19(10-8-18)25(28,29)30/h7-10,16-17,20-21,23H,5-6,11-15H2,1-4H3,(H,32,33). The predicted octanol–water partition coefficient (Wildman–Crippen LogP) is 7.42. The smallest absolute Gasteiger partial charge is 0.416 e. The molecule has 2 unspecified atom stereocenters. The van der Waals surface area contributed by atoms with Crippen molar-refractivity contribution in [1.82, 2.24) is 4.90 Å². The van der Waals surface area contributed by atoms with Gasteiger partial charge >= 0.3 is 12.1 Å². The van der Waals surface area contributed by atoms with Crippen LogP contribution in [-0.4, -0.2) is 34.5 Å².